The third-order valence-corrected chi connectivity index (χ3v) is 6.03. The van der Waals surface area contributed by atoms with Crippen molar-refractivity contribution in [1.29, 1.82) is 0 Å². The molecule has 3 saturated carbocycles. The van der Waals surface area contributed by atoms with Gasteiger partial charge in [-0.2, -0.15) is 0 Å². The average molecular weight is 392 g/mol. The van der Waals surface area contributed by atoms with E-state index in [1.807, 2.05) is 55.7 Å². The molecule has 5 rings (SSSR count). The van der Waals surface area contributed by atoms with Crippen molar-refractivity contribution in [2.24, 2.45) is 0 Å². The van der Waals surface area contributed by atoms with E-state index in [0.717, 1.165) is 30.5 Å². The Morgan fingerprint density at radius 1 is 1.22 bits per heavy atom. The molecule has 146 valence electrons. The van der Waals surface area contributed by atoms with Gasteiger partial charge in [0, 0.05) is 23.8 Å². The zero-order valence-corrected chi connectivity index (χ0v) is 17.0. The van der Waals surface area contributed by atoms with Gasteiger partial charge in [-0.05, 0) is 70.7 Å². The minimum absolute atomic E-state index is 0.0472. The van der Waals surface area contributed by atoms with Crippen molar-refractivity contribution in [3.05, 3.63) is 28.8 Å². The van der Waals surface area contributed by atoms with Gasteiger partial charge in [-0.1, -0.05) is 11.6 Å². The van der Waals surface area contributed by atoms with Gasteiger partial charge in [0.2, 0.25) is 0 Å². The molecule has 1 aromatic rings. The molecular formula is C20H26ClN3O3. The second kappa shape index (κ2) is 5.77. The summed E-state index contributed by atoms with van der Waals surface area (Å²) >= 11 is 6.04. The number of benzene rings is 1. The molecule has 1 aliphatic heterocycles. The molecular weight excluding hydrogens is 366 g/mol. The number of hydrogen-bond donors (Lipinski definition) is 1. The number of urea groups is 1. The molecule has 2 bridgehead atoms. The maximum absolute atomic E-state index is 13.0. The molecule has 0 unspecified atom stereocenters. The lowest BCUT2D eigenvalue weighted by Crippen LogP contribution is -2.84. The van der Waals surface area contributed by atoms with Crippen LogP contribution in [0.2, 0.25) is 5.02 Å². The lowest BCUT2D eigenvalue weighted by molar-refractivity contribution is -0.152. The summed E-state index contributed by atoms with van der Waals surface area (Å²) in [5.74, 6) is 0. The molecule has 0 aromatic heterocycles. The van der Waals surface area contributed by atoms with Gasteiger partial charge in [-0.15, -0.1) is 0 Å². The Hall–Kier alpha value is -1.95. The zero-order chi connectivity index (χ0) is 19.6. The second-order valence-corrected chi connectivity index (χ2v) is 9.61. The summed E-state index contributed by atoms with van der Waals surface area (Å²) in [5, 5.41) is 3.68. The number of nitrogens with one attached hydrogen (secondary N) is 1. The van der Waals surface area contributed by atoms with Gasteiger partial charge >= 0.3 is 12.1 Å². The Morgan fingerprint density at radius 3 is 2.48 bits per heavy atom. The van der Waals surface area contributed by atoms with E-state index >= 15 is 0 Å². The smallest absolute Gasteiger partial charge is 0.408 e. The van der Waals surface area contributed by atoms with Gasteiger partial charge in [0.25, 0.3) is 0 Å². The Balaban J connectivity index is 1.39. The minimum Gasteiger partial charge on any atom is -0.444 e. The molecule has 1 aromatic carbocycles. The Kier molecular flexibility index (Phi) is 3.94. The molecule has 3 amide bonds. The van der Waals surface area contributed by atoms with Crippen LogP contribution < -0.4 is 10.2 Å². The summed E-state index contributed by atoms with van der Waals surface area (Å²) in [6.07, 6.45) is 2.04. The van der Waals surface area contributed by atoms with Crippen molar-refractivity contribution in [3.63, 3.8) is 0 Å². The zero-order valence-electron chi connectivity index (χ0n) is 16.3. The fraction of sp³-hybridized carbons (Fsp3) is 0.600. The fourth-order valence-electron chi connectivity index (χ4n) is 4.80. The van der Waals surface area contributed by atoms with Crippen molar-refractivity contribution in [3.8, 4) is 0 Å². The first-order chi connectivity index (χ1) is 12.5. The van der Waals surface area contributed by atoms with Gasteiger partial charge in [0.05, 0.1) is 11.1 Å². The highest BCUT2D eigenvalue weighted by molar-refractivity contribution is 6.30. The van der Waals surface area contributed by atoms with E-state index in [4.69, 9.17) is 16.3 Å². The topological polar surface area (TPSA) is 61.9 Å². The van der Waals surface area contributed by atoms with Crippen LogP contribution in [-0.2, 0) is 4.74 Å². The number of hydrogen-bond acceptors (Lipinski definition) is 3. The number of carbonyl (C=O) groups excluding carboxylic acids is 2. The van der Waals surface area contributed by atoms with Crippen molar-refractivity contribution in [1.82, 2.24) is 10.2 Å². The molecule has 1 heterocycles. The molecule has 4 aliphatic rings. The number of anilines is 1. The number of alkyl carbamates (subject to hydrolysis) is 1. The number of nitrogens with zero attached hydrogens (tertiary/aromatic N) is 2. The standard InChI is InChI=1S/C20H26ClN3O3/c1-13-9-14(21)5-6-15(13)23-7-8-24(17(23)26)20-10-19(11-20,12-20)22-16(25)27-18(2,3)4/h5-6,9H,7-8,10-12H2,1-4H3,(H,22,25). The molecule has 27 heavy (non-hydrogen) atoms. The average Bonchev–Trinajstić information content (AvgIpc) is 2.81. The lowest BCUT2D eigenvalue weighted by Gasteiger charge is -2.72. The molecule has 7 heteroatoms. The fourth-order valence-corrected chi connectivity index (χ4v) is 5.02. The summed E-state index contributed by atoms with van der Waals surface area (Å²) in [4.78, 5) is 28.9. The molecule has 4 fully saturated rings. The Labute approximate surface area is 164 Å². The molecule has 1 saturated heterocycles. The Morgan fingerprint density at radius 2 is 1.89 bits per heavy atom. The van der Waals surface area contributed by atoms with Crippen molar-refractivity contribution < 1.29 is 14.3 Å². The van der Waals surface area contributed by atoms with Crippen molar-refractivity contribution >= 4 is 29.4 Å². The minimum atomic E-state index is -0.507. The van der Waals surface area contributed by atoms with E-state index in [2.05, 4.69) is 5.32 Å². The van der Waals surface area contributed by atoms with Crippen LogP contribution in [0.25, 0.3) is 0 Å². The van der Waals surface area contributed by atoms with E-state index < -0.39 is 5.60 Å². The van der Waals surface area contributed by atoms with E-state index in [1.165, 1.54) is 0 Å². The summed E-state index contributed by atoms with van der Waals surface area (Å²) < 4.78 is 5.36. The number of aryl methyl sites for hydroxylation is 1. The molecule has 0 spiro atoms. The third-order valence-electron chi connectivity index (χ3n) is 5.80. The second-order valence-electron chi connectivity index (χ2n) is 9.18. The quantitative estimate of drug-likeness (QED) is 0.844. The van der Waals surface area contributed by atoms with Gasteiger partial charge in [-0.3, -0.25) is 4.90 Å². The molecule has 0 atom stereocenters. The highest BCUT2D eigenvalue weighted by Gasteiger charge is 2.73. The first kappa shape index (κ1) is 18.4. The monoisotopic (exact) mass is 391 g/mol. The third kappa shape index (κ3) is 3.04. The van der Waals surface area contributed by atoms with Crippen LogP contribution in [0.15, 0.2) is 18.2 Å². The summed E-state index contributed by atoms with van der Waals surface area (Å²) in [6.45, 7) is 8.92. The predicted molar refractivity (Wildman–Crippen MR) is 104 cm³/mol. The number of ether oxygens (including phenoxy) is 1. The SMILES string of the molecule is Cc1cc(Cl)ccc1N1CCN(C23CC(NC(=O)OC(C)(C)C)(C2)C3)C1=O. The highest BCUT2D eigenvalue weighted by Crippen LogP contribution is 2.64. The Bertz CT molecular complexity index is 797. The van der Waals surface area contributed by atoms with Gasteiger partial charge in [-0.25, -0.2) is 9.59 Å². The van der Waals surface area contributed by atoms with Gasteiger partial charge in [0.1, 0.15) is 5.60 Å². The predicted octanol–water partition coefficient (Wildman–Crippen LogP) is 4.09. The van der Waals surface area contributed by atoms with Crippen molar-refractivity contribution in [2.75, 3.05) is 18.0 Å². The number of amides is 3. The first-order valence-corrected chi connectivity index (χ1v) is 9.77. The van der Waals surface area contributed by atoms with Crippen LogP contribution in [-0.4, -0.2) is 46.8 Å². The molecule has 6 nitrogen and oxygen atoms in total. The van der Waals surface area contributed by atoms with Crippen LogP contribution in [0.3, 0.4) is 0 Å². The van der Waals surface area contributed by atoms with Crippen LogP contribution in [0.5, 0.6) is 0 Å². The molecule has 0 radical (unpaired) electrons. The van der Waals surface area contributed by atoms with Crippen LogP contribution in [0.1, 0.15) is 45.6 Å². The van der Waals surface area contributed by atoms with E-state index in [9.17, 15) is 9.59 Å². The maximum Gasteiger partial charge on any atom is 0.408 e. The molecule has 3 aliphatic carbocycles. The largest absolute Gasteiger partial charge is 0.444 e. The van der Waals surface area contributed by atoms with E-state index in [1.54, 1.807) is 0 Å². The van der Waals surface area contributed by atoms with Crippen molar-refractivity contribution in [2.45, 2.75) is 63.6 Å². The highest BCUT2D eigenvalue weighted by atomic mass is 35.5. The normalized spacial score (nSPS) is 29.3. The maximum atomic E-state index is 13.0. The van der Waals surface area contributed by atoms with E-state index in [-0.39, 0.29) is 23.2 Å². The van der Waals surface area contributed by atoms with Crippen LogP contribution >= 0.6 is 11.6 Å². The van der Waals surface area contributed by atoms with E-state index in [0.29, 0.717) is 18.1 Å². The van der Waals surface area contributed by atoms with Gasteiger partial charge < -0.3 is 15.0 Å². The number of carbonyl (C=O) groups is 2. The van der Waals surface area contributed by atoms with Crippen LogP contribution in [0, 0.1) is 6.92 Å². The summed E-state index contributed by atoms with van der Waals surface area (Å²) in [6, 6.07) is 5.66. The summed E-state index contributed by atoms with van der Waals surface area (Å²) in [7, 11) is 0. The molecule has 1 N–H and O–H groups in total. The summed E-state index contributed by atoms with van der Waals surface area (Å²) in [5.41, 5.74) is 1.10. The lowest BCUT2D eigenvalue weighted by atomic mass is 9.43. The van der Waals surface area contributed by atoms with Gasteiger partial charge in [0.15, 0.2) is 0 Å². The number of halogens is 1. The number of rotatable bonds is 3. The van der Waals surface area contributed by atoms with Crippen LogP contribution in [0.4, 0.5) is 15.3 Å². The first-order valence-electron chi connectivity index (χ1n) is 9.39.